The Morgan fingerprint density at radius 2 is 1.92 bits per heavy atom. The molecule has 1 fully saturated rings. The van der Waals surface area contributed by atoms with E-state index in [1.807, 2.05) is 30.5 Å². The van der Waals surface area contributed by atoms with Crippen molar-refractivity contribution >= 4 is 11.7 Å². The molecule has 5 nitrogen and oxygen atoms in total. The maximum atomic E-state index is 12.3. The van der Waals surface area contributed by atoms with Crippen LogP contribution in [0.25, 0.3) is 0 Å². The summed E-state index contributed by atoms with van der Waals surface area (Å²) in [5.41, 5.74) is 1.63. The minimum Gasteiger partial charge on any atom is -0.494 e. The number of carbonyl (C=O) groups is 1. The second kappa shape index (κ2) is 9.22. The Balaban J connectivity index is 1.48. The van der Waals surface area contributed by atoms with Crippen LogP contribution in [0, 0.1) is 0 Å². The van der Waals surface area contributed by atoms with Gasteiger partial charge in [0, 0.05) is 31.4 Å². The van der Waals surface area contributed by atoms with Gasteiger partial charge in [-0.25, -0.2) is 4.98 Å². The molecule has 3 rings (SSSR count). The van der Waals surface area contributed by atoms with Crippen molar-refractivity contribution in [3.63, 3.8) is 0 Å². The van der Waals surface area contributed by atoms with Crippen LogP contribution in [0.3, 0.4) is 0 Å². The number of nitrogens with one attached hydrogen (secondary N) is 1. The Morgan fingerprint density at radius 3 is 2.58 bits per heavy atom. The van der Waals surface area contributed by atoms with Crippen molar-refractivity contribution in [3.05, 3.63) is 53.7 Å². The molecule has 1 amide bonds. The number of aromatic nitrogens is 1. The van der Waals surface area contributed by atoms with Crippen LogP contribution in [0.2, 0.25) is 0 Å². The van der Waals surface area contributed by atoms with Crippen molar-refractivity contribution in [1.82, 2.24) is 10.3 Å². The van der Waals surface area contributed by atoms with Gasteiger partial charge in [0.1, 0.15) is 11.6 Å². The van der Waals surface area contributed by atoms with E-state index in [0.717, 1.165) is 43.1 Å². The van der Waals surface area contributed by atoms with Crippen LogP contribution >= 0.6 is 0 Å². The van der Waals surface area contributed by atoms with E-state index in [1.54, 1.807) is 12.1 Å². The average molecular weight is 353 g/mol. The molecule has 0 bridgehead atoms. The van der Waals surface area contributed by atoms with Crippen molar-refractivity contribution in [3.8, 4) is 5.75 Å². The van der Waals surface area contributed by atoms with Crippen LogP contribution in [0.4, 0.5) is 5.82 Å². The highest BCUT2D eigenvalue weighted by Crippen LogP contribution is 2.17. The van der Waals surface area contributed by atoms with E-state index in [2.05, 4.69) is 22.1 Å². The molecule has 0 aliphatic carbocycles. The van der Waals surface area contributed by atoms with Gasteiger partial charge in [-0.3, -0.25) is 4.79 Å². The summed E-state index contributed by atoms with van der Waals surface area (Å²) in [6, 6.07) is 11.4. The maximum Gasteiger partial charge on any atom is 0.251 e. The number of hydrogen-bond donors (Lipinski definition) is 1. The molecule has 0 radical (unpaired) electrons. The molecule has 2 aromatic rings. The molecule has 0 spiro atoms. The van der Waals surface area contributed by atoms with Gasteiger partial charge in [0.25, 0.3) is 5.91 Å². The van der Waals surface area contributed by atoms with E-state index in [4.69, 9.17) is 4.74 Å². The highest BCUT2D eigenvalue weighted by molar-refractivity contribution is 5.94. The predicted octanol–water partition coefficient (Wildman–Crippen LogP) is 3.79. The van der Waals surface area contributed by atoms with E-state index in [-0.39, 0.29) is 5.91 Å². The summed E-state index contributed by atoms with van der Waals surface area (Å²) in [4.78, 5) is 19.1. The molecular weight excluding hydrogens is 326 g/mol. The lowest BCUT2D eigenvalue weighted by Crippen LogP contribution is -2.23. The second-order valence-electron chi connectivity index (χ2n) is 6.63. The van der Waals surface area contributed by atoms with E-state index in [1.165, 1.54) is 12.8 Å². The molecule has 5 heteroatoms. The van der Waals surface area contributed by atoms with Crippen LogP contribution in [0.5, 0.6) is 5.75 Å². The summed E-state index contributed by atoms with van der Waals surface area (Å²) >= 11 is 0. The first-order chi connectivity index (χ1) is 12.8. The SMILES string of the molecule is CCCCOc1ccc(C(=O)NCc2ccc(N3CCCC3)nc2)cc1. The highest BCUT2D eigenvalue weighted by Gasteiger charge is 2.13. The largest absolute Gasteiger partial charge is 0.494 e. The van der Waals surface area contributed by atoms with Crippen molar-refractivity contribution < 1.29 is 9.53 Å². The van der Waals surface area contributed by atoms with Crippen molar-refractivity contribution in [2.45, 2.75) is 39.2 Å². The third-order valence-electron chi connectivity index (χ3n) is 4.58. The molecule has 1 aliphatic rings. The number of rotatable bonds is 8. The van der Waals surface area contributed by atoms with Crippen molar-refractivity contribution in [2.75, 3.05) is 24.6 Å². The zero-order valence-corrected chi connectivity index (χ0v) is 15.4. The zero-order chi connectivity index (χ0) is 18.2. The second-order valence-corrected chi connectivity index (χ2v) is 6.63. The van der Waals surface area contributed by atoms with Gasteiger partial charge in [-0.05, 0) is 55.2 Å². The van der Waals surface area contributed by atoms with Gasteiger partial charge in [0.15, 0.2) is 0 Å². The predicted molar refractivity (Wildman–Crippen MR) is 104 cm³/mol. The van der Waals surface area contributed by atoms with Crippen molar-refractivity contribution in [1.29, 1.82) is 0 Å². The van der Waals surface area contributed by atoms with Crippen LogP contribution in [-0.2, 0) is 6.54 Å². The summed E-state index contributed by atoms with van der Waals surface area (Å²) in [6.45, 7) is 5.48. The molecule has 1 N–H and O–H groups in total. The molecule has 0 saturated carbocycles. The third-order valence-corrected chi connectivity index (χ3v) is 4.58. The molecule has 1 saturated heterocycles. The number of nitrogens with zero attached hydrogens (tertiary/aromatic N) is 2. The normalized spacial score (nSPS) is 13.7. The number of pyridine rings is 1. The smallest absolute Gasteiger partial charge is 0.251 e. The number of carbonyl (C=O) groups excluding carboxylic acids is 1. The van der Waals surface area contributed by atoms with E-state index in [0.29, 0.717) is 18.7 Å². The molecular formula is C21H27N3O2. The first-order valence-corrected chi connectivity index (χ1v) is 9.47. The van der Waals surface area contributed by atoms with Crippen LogP contribution in [0.1, 0.15) is 48.5 Å². The highest BCUT2D eigenvalue weighted by atomic mass is 16.5. The number of hydrogen-bond acceptors (Lipinski definition) is 4. The lowest BCUT2D eigenvalue weighted by atomic mass is 10.2. The van der Waals surface area contributed by atoms with Crippen LogP contribution in [0.15, 0.2) is 42.6 Å². The van der Waals surface area contributed by atoms with Gasteiger partial charge in [0.2, 0.25) is 0 Å². The van der Waals surface area contributed by atoms with Gasteiger partial charge in [0.05, 0.1) is 6.61 Å². The Kier molecular flexibility index (Phi) is 6.47. The molecule has 1 aliphatic heterocycles. The average Bonchev–Trinajstić information content (AvgIpc) is 3.22. The number of amides is 1. The quantitative estimate of drug-likeness (QED) is 0.734. The minimum absolute atomic E-state index is 0.0891. The third kappa shape index (κ3) is 4.97. The van der Waals surface area contributed by atoms with E-state index in [9.17, 15) is 4.79 Å². The Morgan fingerprint density at radius 1 is 1.15 bits per heavy atom. The lowest BCUT2D eigenvalue weighted by Gasteiger charge is -2.16. The molecule has 2 heterocycles. The minimum atomic E-state index is -0.0891. The molecule has 0 atom stereocenters. The zero-order valence-electron chi connectivity index (χ0n) is 15.4. The number of benzene rings is 1. The fourth-order valence-electron chi connectivity index (χ4n) is 2.98. The Hall–Kier alpha value is -2.56. The topological polar surface area (TPSA) is 54.5 Å². The standard InChI is InChI=1S/C21H27N3O2/c1-2-3-14-26-19-9-7-18(8-10-19)21(25)23-16-17-6-11-20(22-15-17)24-12-4-5-13-24/h6-11,15H,2-5,12-14,16H2,1H3,(H,23,25). The molecule has 138 valence electrons. The number of ether oxygens (including phenoxy) is 1. The molecule has 1 aromatic heterocycles. The molecule has 0 unspecified atom stereocenters. The van der Waals surface area contributed by atoms with E-state index >= 15 is 0 Å². The van der Waals surface area contributed by atoms with Crippen LogP contribution < -0.4 is 15.0 Å². The monoisotopic (exact) mass is 353 g/mol. The Labute approximate surface area is 155 Å². The first kappa shape index (κ1) is 18.2. The van der Waals surface area contributed by atoms with Gasteiger partial charge >= 0.3 is 0 Å². The van der Waals surface area contributed by atoms with E-state index < -0.39 is 0 Å². The fraction of sp³-hybridized carbons (Fsp3) is 0.429. The lowest BCUT2D eigenvalue weighted by molar-refractivity contribution is 0.0951. The summed E-state index contributed by atoms with van der Waals surface area (Å²) in [5, 5.41) is 2.94. The molecule has 1 aromatic carbocycles. The maximum absolute atomic E-state index is 12.3. The van der Waals surface area contributed by atoms with Crippen molar-refractivity contribution in [2.24, 2.45) is 0 Å². The van der Waals surface area contributed by atoms with Gasteiger partial charge in [-0.1, -0.05) is 19.4 Å². The summed E-state index contributed by atoms with van der Waals surface area (Å²) in [7, 11) is 0. The summed E-state index contributed by atoms with van der Waals surface area (Å²) in [6.07, 6.45) is 6.46. The Bertz CT molecular complexity index is 692. The summed E-state index contributed by atoms with van der Waals surface area (Å²) in [5.74, 6) is 1.74. The summed E-state index contributed by atoms with van der Waals surface area (Å²) < 4.78 is 5.62. The number of unbranched alkanes of at least 4 members (excludes halogenated alkanes) is 1. The van der Waals surface area contributed by atoms with Gasteiger partial charge in [-0.15, -0.1) is 0 Å². The first-order valence-electron chi connectivity index (χ1n) is 9.47. The van der Waals surface area contributed by atoms with Crippen LogP contribution in [-0.4, -0.2) is 30.6 Å². The molecule has 26 heavy (non-hydrogen) atoms. The number of anilines is 1. The van der Waals surface area contributed by atoms with Gasteiger partial charge < -0.3 is 15.0 Å². The van der Waals surface area contributed by atoms with Gasteiger partial charge in [-0.2, -0.15) is 0 Å². The fourth-order valence-corrected chi connectivity index (χ4v) is 2.98.